The average Bonchev–Trinajstić information content (AvgIpc) is 3.52. The SMILES string of the molecule is CN(C)C1CCN(C(=O)[C@@]2(Cc3ccc(OCc4cc(-c5ccncc5)nc5ccccc45)c(F)c3)C[C@@H]2C(=O)NO)C1. The first-order valence-corrected chi connectivity index (χ1v) is 14.4. The molecule has 2 aromatic carbocycles. The maximum Gasteiger partial charge on any atom is 0.247 e. The van der Waals surface area contributed by atoms with Gasteiger partial charge in [0.1, 0.15) is 6.61 Å². The van der Waals surface area contributed by atoms with Crippen LogP contribution in [0, 0.1) is 17.2 Å². The number of nitrogens with one attached hydrogen (secondary N) is 1. The minimum Gasteiger partial charge on any atom is -0.486 e. The van der Waals surface area contributed by atoms with Crippen molar-refractivity contribution in [2.24, 2.45) is 11.3 Å². The number of halogens is 1. The number of para-hydroxylation sites is 1. The van der Waals surface area contributed by atoms with Gasteiger partial charge in [0.2, 0.25) is 11.8 Å². The summed E-state index contributed by atoms with van der Waals surface area (Å²) in [6.07, 6.45) is 4.76. The molecule has 222 valence electrons. The fourth-order valence-corrected chi connectivity index (χ4v) is 6.23. The van der Waals surface area contributed by atoms with Gasteiger partial charge in [0.25, 0.3) is 0 Å². The number of rotatable bonds is 9. The van der Waals surface area contributed by atoms with Gasteiger partial charge in [-0.3, -0.25) is 19.8 Å². The van der Waals surface area contributed by atoms with Crippen molar-refractivity contribution in [1.29, 1.82) is 0 Å². The number of amides is 2. The summed E-state index contributed by atoms with van der Waals surface area (Å²) in [5.41, 5.74) is 4.63. The number of likely N-dealkylation sites (tertiary alicyclic amines) is 1. The zero-order valence-electron chi connectivity index (χ0n) is 24.2. The zero-order valence-corrected chi connectivity index (χ0v) is 24.2. The first-order chi connectivity index (χ1) is 20.8. The monoisotopic (exact) mass is 583 g/mol. The molecule has 43 heavy (non-hydrogen) atoms. The summed E-state index contributed by atoms with van der Waals surface area (Å²) in [6, 6.07) is 18.4. The van der Waals surface area contributed by atoms with Crippen LogP contribution < -0.4 is 10.2 Å². The van der Waals surface area contributed by atoms with Gasteiger partial charge in [0.05, 0.1) is 22.5 Å². The molecular formula is C33H34FN5O4. The smallest absolute Gasteiger partial charge is 0.247 e. The molecule has 1 aliphatic carbocycles. The van der Waals surface area contributed by atoms with E-state index in [9.17, 15) is 14.8 Å². The minimum atomic E-state index is -1.01. The largest absolute Gasteiger partial charge is 0.486 e. The van der Waals surface area contributed by atoms with Crippen LogP contribution in [0.3, 0.4) is 0 Å². The van der Waals surface area contributed by atoms with Gasteiger partial charge in [-0.05, 0) is 75.3 Å². The fraction of sp³-hybridized carbons (Fsp3) is 0.333. The van der Waals surface area contributed by atoms with Gasteiger partial charge >= 0.3 is 0 Å². The van der Waals surface area contributed by atoms with Crippen LogP contribution in [0.15, 0.2) is 73.1 Å². The van der Waals surface area contributed by atoms with Crippen LogP contribution in [0.4, 0.5) is 4.39 Å². The lowest BCUT2D eigenvalue weighted by Gasteiger charge is -2.25. The molecule has 2 fully saturated rings. The second kappa shape index (κ2) is 11.7. The molecule has 2 amide bonds. The first-order valence-electron chi connectivity index (χ1n) is 14.4. The molecule has 1 aliphatic heterocycles. The van der Waals surface area contributed by atoms with Crippen LogP contribution >= 0.6 is 0 Å². The number of aromatic nitrogens is 2. The van der Waals surface area contributed by atoms with E-state index in [-0.39, 0.29) is 30.7 Å². The van der Waals surface area contributed by atoms with Crippen molar-refractivity contribution < 1.29 is 23.9 Å². The van der Waals surface area contributed by atoms with E-state index in [0.717, 1.165) is 34.1 Å². The molecule has 6 rings (SSSR count). The average molecular weight is 584 g/mol. The first kappa shape index (κ1) is 28.7. The predicted molar refractivity (Wildman–Crippen MR) is 159 cm³/mol. The van der Waals surface area contributed by atoms with Gasteiger partial charge in [0, 0.05) is 48.0 Å². The van der Waals surface area contributed by atoms with Gasteiger partial charge < -0.3 is 14.5 Å². The summed E-state index contributed by atoms with van der Waals surface area (Å²) < 4.78 is 21.4. The predicted octanol–water partition coefficient (Wildman–Crippen LogP) is 4.23. The van der Waals surface area contributed by atoms with Crippen LogP contribution in [-0.2, 0) is 22.6 Å². The van der Waals surface area contributed by atoms with Gasteiger partial charge in [-0.2, -0.15) is 0 Å². The number of ether oxygens (including phenoxy) is 1. The summed E-state index contributed by atoms with van der Waals surface area (Å²) in [4.78, 5) is 38.8. The number of carbonyl (C=O) groups is 2. The molecule has 1 saturated carbocycles. The maximum atomic E-state index is 15.4. The van der Waals surface area contributed by atoms with Crippen molar-refractivity contribution in [2.45, 2.75) is 31.9 Å². The van der Waals surface area contributed by atoms with E-state index < -0.39 is 23.1 Å². The summed E-state index contributed by atoms with van der Waals surface area (Å²) in [6.45, 7) is 1.31. The Morgan fingerprint density at radius 3 is 2.65 bits per heavy atom. The van der Waals surface area contributed by atoms with E-state index in [0.29, 0.717) is 25.1 Å². The number of carbonyl (C=O) groups excluding carboxylic acids is 2. The molecule has 2 aliphatic rings. The van der Waals surface area contributed by atoms with Crippen molar-refractivity contribution in [1.82, 2.24) is 25.2 Å². The Kier molecular flexibility index (Phi) is 7.81. The third-order valence-electron chi connectivity index (χ3n) is 8.79. The summed E-state index contributed by atoms with van der Waals surface area (Å²) in [7, 11) is 3.97. The van der Waals surface area contributed by atoms with Crippen LogP contribution in [0.5, 0.6) is 5.75 Å². The summed E-state index contributed by atoms with van der Waals surface area (Å²) in [5.74, 6) is -1.85. The second-order valence-electron chi connectivity index (χ2n) is 11.7. The van der Waals surface area contributed by atoms with Crippen LogP contribution in [0.25, 0.3) is 22.2 Å². The van der Waals surface area contributed by atoms with Crippen molar-refractivity contribution in [3.63, 3.8) is 0 Å². The highest BCUT2D eigenvalue weighted by Gasteiger charge is 2.64. The lowest BCUT2D eigenvalue weighted by molar-refractivity contribution is -0.140. The van der Waals surface area contributed by atoms with E-state index in [4.69, 9.17) is 9.72 Å². The highest BCUT2D eigenvalue weighted by molar-refractivity contribution is 5.96. The van der Waals surface area contributed by atoms with E-state index in [1.807, 2.05) is 56.6 Å². The van der Waals surface area contributed by atoms with Crippen LogP contribution in [-0.4, -0.2) is 70.0 Å². The molecule has 2 aromatic heterocycles. The van der Waals surface area contributed by atoms with Crippen molar-refractivity contribution in [3.05, 3.63) is 90.0 Å². The molecule has 1 unspecified atom stereocenters. The molecule has 10 heteroatoms. The fourth-order valence-electron chi connectivity index (χ4n) is 6.23. The Hall–Kier alpha value is -4.41. The number of nitrogens with zero attached hydrogens (tertiary/aromatic N) is 4. The lowest BCUT2D eigenvalue weighted by atomic mass is 9.91. The quantitative estimate of drug-likeness (QED) is 0.224. The molecule has 1 saturated heterocycles. The molecule has 3 heterocycles. The van der Waals surface area contributed by atoms with Crippen LogP contribution in [0.1, 0.15) is 24.0 Å². The van der Waals surface area contributed by atoms with Crippen molar-refractivity contribution in [3.8, 4) is 17.0 Å². The third-order valence-corrected chi connectivity index (χ3v) is 8.79. The Balaban J connectivity index is 1.21. The molecule has 9 nitrogen and oxygen atoms in total. The van der Waals surface area contributed by atoms with Gasteiger partial charge in [-0.15, -0.1) is 0 Å². The van der Waals surface area contributed by atoms with Crippen LogP contribution in [0.2, 0.25) is 0 Å². The normalized spacial score (nSPS) is 21.3. The Morgan fingerprint density at radius 1 is 1.14 bits per heavy atom. The number of likely N-dealkylation sites (N-methyl/N-ethyl adjacent to an activating group) is 1. The molecule has 3 atom stereocenters. The number of hydrogen-bond donors (Lipinski definition) is 2. The summed E-state index contributed by atoms with van der Waals surface area (Å²) in [5, 5.41) is 10.2. The Labute approximate surface area is 249 Å². The van der Waals surface area contributed by atoms with Crippen molar-refractivity contribution in [2.75, 3.05) is 27.2 Å². The zero-order chi connectivity index (χ0) is 30.1. The van der Waals surface area contributed by atoms with Gasteiger partial charge in [-0.1, -0.05) is 24.3 Å². The van der Waals surface area contributed by atoms with E-state index >= 15 is 4.39 Å². The molecule has 4 aromatic rings. The number of pyridine rings is 2. The highest BCUT2D eigenvalue weighted by atomic mass is 19.1. The molecule has 2 N–H and O–H groups in total. The summed E-state index contributed by atoms with van der Waals surface area (Å²) >= 11 is 0. The number of hydroxylamine groups is 1. The van der Waals surface area contributed by atoms with Gasteiger partial charge in [-0.25, -0.2) is 14.9 Å². The van der Waals surface area contributed by atoms with E-state index in [2.05, 4.69) is 9.88 Å². The molecule has 0 bridgehead atoms. The highest BCUT2D eigenvalue weighted by Crippen LogP contribution is 2.56. The number of benzene rings is 2. The topological polar surface area (TPSA) is 108 Å². The molecule has 0 radical (unpaired) electrons. The van der Waals surface area contributed by atoms with Crippen molar-refractivity contribution >= 4 is 22.7 Å². The lowest BCUT2D eigenvalue weighted by Crippen LogP contribution is -2.41. The Morgan fingerprint density at radius 2 is 1.93 bits per heavy atom. The number of fused-ring (bicyclic) bond motifs is 1. The maximum absolute atomic E-state index is 15.4. The van der Waals surface area contributed by atoms with E-state index in [1.165, 1.54) is 6.07 Å². The number of hydrogen-bond acceptors (Lipinski definition) is 7. The van der Waals surface area contributed by atoms with Gasteiger partial charge in [0.15, 0.2) is 11.6 Å². The Bertz CT molecular complexity index is 1670. The standard InChI is InChI=1S/C33H34FN5O4/c1-38(2)24-11-14-39(19-24)32(41)33(18-26(33)31(40)37-42)17-21-7-8-30(27(34)15-21)43-20-23-16-29(22-9-12-35-13-10-22)36-28-6-4-3-5-25(23)28/h3-10,12-13,15-16,24,26,42H,11,14,17-20H2,1-2H3,(H,37,40)/t24?,26-,33+/m1/s1. The van der Waals surface area contributed by atoms with E-state index in [1.54, 1.807) is 34.9 Å². The molecule has 0 spiro atoms. The second-order valence-corrected chi connectivity index (χ2v) is 11.7. The third kappa shape index (κ3) is 5.68. The minimum absolute atomic E-state index is 0.0873. The molecular weight excluding hydrogens is 549 g/mol.